The number of aliphatic imine (C=N–C) groups is 1. The van der Waals surface area contributed by atoms with E-state index in [1.165, 1.54) is 62.7 Å². The molecule has 0 heterocycles. The maximum absolute atomic E-state index is 13.7. The molecule has 55 heavy (non-hydrogen) atoms. The molecule has 0 atom stereocenters. The molecule has 3 rings (SSSR count). The van der Waals surface area contributed by atoms with Crippen molar-refractivity contribution in [2.75, 3.05) is 31.7 Å². The number of sulfonamides is 1. The van der Waals surface area contributed by atoms with Gasteiger partial charge >= 0.3 is 28.3 Å². The standard InChI is InChI=1S/C36H46N4O13S2/c1-24-21-27(49-19-12-20-50-40(34(43)52-36(5,6)7)32(37)38-33(42)51-35(2,3)4)23-28(22-24)53-55(46,47)30-14-11-10-13-29(30)54(44,45)39(8)26-17-15-25(16-18-26)31(41)48-9/h10-11,13-18,21-23H,12,19-20H2,1-9H3,(H2,37,38,42). The third-order valence-corrected chi connectivity index (χ3v) is 10.1. The summed E-state index contributed by atoms with van der Waals surface area (Å²) in [6.45, 7) is 11.3. The summed E-state index contributed by atoms with van der Waals surface area (Å²) in [7, 11) is -6.74. The van der Waals surface area contributed by atoms with Gasteiger partial charge in [0, 0.05) is 19.5 Å². The van der Waals surface area contributed by atoms with Crippen molar-refractivity contribution < 1.29 is 59.2 Å². The molecular weight excluding hydrogens is 761 g/mol. The molecule has 0 aliphatic heterocycles. The smallest absolute Gasteiger partial charge is 0.442 e. The lowest BCUT2D eigenvalue weighted by Crippen LogP contribution is -2.45. The van der Waals surface area contributed by atoms with Crippen molar-refractivity contribution >= 4 is 49.9 Å². The highest BCUT2D eigenvalue weighted by Gasteiger charge is 2.32. The number of esters is 1. The first-order chi connectivity index (χ1) is 25.4. The van der Waals surface area contributed by atoms with E-state index in [1.54, 1.807) is 54.5 Å². The fourth-order valence-corrected chi connectivity index (χ4v) is 7.33. The number of amides is 2. The molecule has 0 aliphatic carbocycles. The predicted octanol–water partition coefficient (Wildman–Crippen LogP) is 5.56. The monoisotopic (exact) mass is 806 g/mol. The molecule has 0 spiro atoms. The Bertz CT molecular complexity index is 2110. The summed E-state index contributed by atoms with van der Waals surface area (Å²) in [6.07, 6.45) is -1.92. The molecule has 300 valence electrons. The lowest BCUT2D eigenvalue weighted by Gasteiger charge is -2.26. The number of ether oxygens (including phenoxy) is 4. The zero-order chi connectivity index (χ0) is 41.4. The lowest BCUT2D eigenvalue weighted by atomic mass is 10.2. The van der Waals surface area contributed by atoms with Crippen LogP contribution in [0.15, 0.2) is 81.5 Å². The van der Waals surface area contributed by atoms with E-state index in [2.05, 4.69) is 9.73 Å². The molecule has 0 aromatic heterocycles. The molecule has 0 saturated heterocycles. The van der Waals surface area contributed by atoms with E-state index in [-0.39, 0.29) is 42.4 Å². The van der Waals surface area contributed by atoms with Crippen LogP contribution in [0.5, 0.6) is 11.5 Å². The maximum Gasteiger partial charge on any atom is 0.442 e. The first kappa shape index (κ1) is 44.0. The lowest BCUT2D eigenvalue weighted by molar-refractivity contribution is -0.103. The summed E-state index contributed by atoms with van der Waals surface area (Å²) in [5, 5.41) is 0.523. The van der Waals surface area contributed by atoms with Gasteiger partial charge in [0.25, 0.3) is 10.0 Å². The fourth-order valence-electron chi connectivity index (χ4n) is 4.44. The number of hydrogen-bond acceptors (Lipinski definition) is 13. The number of guanidine groups is 1. The van der Waals surface area contributed by atoms with E-state index < -0.39 is 65.2 Å². The molecule has 0 unspecified atom stereocenters. The van der Waals surface area contributed by atoms with E-state index in [0.717, 1.165) is 16.4 Å². The van der Waals surface area contributed by atoms with Gasteiger partial charge in [0.05, 0.1) is 31.6 Å². The van der Waals surface area contributed by atoms with E-state index in [1.807, 2.05) is 0 Å². The molecule has 3 aromatic carbocycles. The first-order valence-corrected chi connectivity index (χ1v) is 19.5. The molecule has 0 aliphatic rings. The van der Waals surface area contributed by atoms with Crippen molar-refractivity contribution in [3.8, 4) is 11.5 Å². The largest absolute Gasteiger partial charge is 0.493 e. The summed E-state index contributed by atoms with van der Waals surface area (Å²) in [6, 6.07) is 14.8. The Labute approximate surface area is 321 Å². The second-order valence-corrected chi connectivity index (χ2v) is 17.2. The molecule has 3 aromatic rings. The van der Waals surface area contributed by atoms with Crippen LogP contribution in [0.25, 0.3) is 0 Å². The molecule has 2 N–H and O–H groups in total. The van der Waals surface area contributed by atoms with Crippen LogP contribution in [0.3, 0.4) is 0 Å². The minimum absolute atomic E-state index is 0.00502. The highest BCUT2D eigenvalue weighted by molar-refractivity contribution is 7.94. The van der Waals surface area contributed by atoms with Crippen LogP contribution in [0.1, 0.15) is 63.9 Å². The molecule has 0 fully saturated rings. The highest BCUT2D eigenvalue weighted by Crippen LogP contribution is 2.31. The third kappa shape index (κ3) is 12.9. The summed E-state index contributed by atoms with van der Waals surface area (Å²) >= 11 is 0. The topological polar surface area (TPSA) is 220 Å². The van der Waals surface area contributed by atoms with E-state index in [9.17, 15) is 31.2 Å². The van der Waals surface area contributed by atoms with Gasteiger partial charge in [-0.2, -0.15) is 8.42 Å². The van der Waals surface area contributed by atoms with Gasteiger partial charge in [0.15, 0.2) is 0 Å². The number of hydroxylamine groups is 2. The quantitative estimate of drug-likeness (QED) is 0.0425. The summed E-state index contributed by atoms with van der Waals surface area (Å²) in [4.78, 5) is 44.7. The van der Waals surface area contributed by atoms with Crippen molar-refractivity contribution in [1.82, 2.24) is 5.06 Å². The van der Waals surface area contributed by atoms with E-state index in [4.69, 9.17) is 29.0 Å². The first-order valence-electron chi connectivity index (χ1n) is 16.6. The Balaban J connectivity index is 1.74. The van der Waals surface area contributed by atoms with Crippen LogP contribution in [0.4, 0.5) is 15.3 Å². The molecule has 0 saturated carbocycles. The zero-order valence-electron chi connectivity index (χ0n) is 32.0. The fraction of sp³-hybridized carbons (Fsp3) is 0.389. The number of anilines is 1. The molecular formula is C36H46N4O13S2. The van der Waals surface area contributed by atoms with E-state index in [0.29, 0.717) is 10.6 Å². The minimum Gasteiger partial charge on any atom is -0.493 e. The number of methoxy groups -OCH3 is 1. The van der Waals surface area contributed by atoms with Crippen LogP contribution < -0.4 is 19.0 Å². The maximum atomic E-state index is 13.7. The van der Waals surface area contributed by atoms with Crippen molar-refractivity contribution in [3.63, 3.8) is 0 Å². The molecule has 0 radical (unpaired) electrons. The Morgan fingerprint density at radius 1 is 0.800 bits per heavy atom. The molecule has 2 amide bonds. The van der Waals surface area contributed by atoms with Gasteiger partial charge in [-0.1, -0.05) is 12.1 Å². The summed E-state index contributed by atoms with van der Waals surface area (Å²) in [5.41, 5.74) is 4.99. The van der Waals surface area contributed by atoms with Gasteiger partial charge in [0.2, 0.25) is 5.96 Å². The number of carbonyl (C=O) groups is 3. The average Bonchev–Trinajstić information content (AvgIpc) is 3.07. The number of carbonyl (C=O) groups excluding carboxylic acids is 3. The number of benzene rings is 3. The van der Waals surface area contributed by atoms with Crippen molar-refractivity contribution in [2.45, 2.75) is 75.9 Å². The SMILES string of the molecule is COC(=O)c1ccc(N(C)S(=O)(=O)c2ccccc2S(=O)(=O)Oc2cc(C)cc(OCCCON(C(=O)OC(C)(C)C)C(N)=NC(=O)OC(C)(C)C)c2)cc1. The van der Waals surface area contributed by atoms with Crippen LogP contribution in [-0.2, 0) is 39.2 Å². The van der Waals surface area contributed by atoms with Crippen molar-refractivity contribution in [2.24, 2.45) is 10.7 Å². The van der Waals surface area contributed by atoms with Gasteiger partial charge < -0.3 is 28.9 Å². The van der Waals surface area contributed by atoms with Crippen molar-refractivity contribution in [3.05, 3.63) is 77.9 Å². The predicted molar refractivity (Wildman–Crippen MR) is 201 cm³/mol. The second-order valence-electron chi connectivity index (χ2n) is 13.7. The third-order valence-electron chi connectivity index (χ3n) is 6.78. The molecule has 17 nitrogen and oxygen atoms in total. The molecule has 0 bridgehead atoms. The number of rotatable bonds is 13. The minimum atomic E-state index is -4.73. The summed E-state index contributed by atoms with van der Waals surface area (Å²) < 4.78 is 81.8. The Morgan fingerprint density at radius 2 is 1.38 bits per heavy atom. The number of nitrogens with two attached hydrogens (primary N) is 1. The van der Waals surface area contributed by atoms with Crippen LogP contribution in [0.2, 0.25) is 0 Å². The van der Waals surface area contributed by atoms with Crippen LogP contribution in [-0.4, -0.2) is 84.6 Å². The van der Waals surface area contributed by atoms with Gasteiger partial charge in [0.1, 0.15) is 32.5 Å². The van der Waals surface area contributed by atoms with Gasteiger partial charge in [-0.25, -0.2) is 22.8 Å². The average molecular weight is 807 g/mol. The number of nitrogens with zero attached hydrogens (tertiary/aromatic N) is 3. The number of hydrogen-bond donors (Lipinski definition) is 1. The second kappa shape index (κ2) is 17.8. The summed E-state index contributed by atoms with van der Waals surface area (Å²) in [5.74, 6) is -1.19. The van der Waals surface area contributed by atoms with Crippen LogP contribution in [0, 0.1) is 6.92 Å². The van der Waals surface area contributed by atoms with Gasteiger partial charge in [-0.3, -0.25) is 9.14 Å². The van der Waals surface area contributed by atoms with E-state index >= 15 is 0 Å². The molecule has 19 heteroatoms. The Morgan fingerprint density at radius 3 is 1.96 bits per heavy atom. The van der Waals surface area contributed by atoms with Gasteiger partial charge in [-0.15, -0.1) is 10.1 Å². The Hall–Kier alpha value is -5.40. The van der Waals surface area contributed by atoms with Crippen molar-refractivity contribution in [1.29, 1.82) is 0 Å². The van der Waals surface area contributed by atoms with Crippen LogP contribution >= 0.6 is 0 Å². The number of aryl methyl sites for hydroxylation is 1. The zero-order valence-corrected chi connectivity index (χ0v) is 33.6. The normalized spacial score (nSPS) is 12.3. The highest BCUT2D eigenvalue weighted by atomic mass is 32.2. The Kier molecular flexibility index (Phi) is 14.3. The van der Waals surface area contributed by atoms with Gasteiger partial charge in [-0.05, 0) is 103 Å².